The van der Waals surface area contributed by atoms with Gasteiger partial charge in [-0.15, -0.1) is 0 Å². The average Bonchev–Trinajstić information content (AvgIpc) is 2.76. The van der Waals surface area contributed by atoms with Crippen LogP contribution in [0.4, 0.5) is 0 Å². The van der Waals surface area contributed by atoms with Gasteiger partial charge in [-0.1, -0.05) is 5.16 Å². The molecule has 1 aliphatic heterocycles. The van der Waals surface area contributed by atoms with Gasteiger partial charge in [0.15, 0.2) is 0 Å². The Morgan fingerprint density at radius 2 is 2.11 bits per heavy atom. The molecule has 19 heavy (non-hydrogen) atoms. The molecule has 0 radical (unpaired) electrons. The number of hydrogen-bond acceptors (Lipinski definition) is 4. The van der Waals surface area contributed by atoms with Crippen LogP contribution in [0.1, 0.15) is 41.1 Å². The van der Waals surface area contributed by atoms with Gasteiger partial charge in [0, 0.05) is 13.1 Å². The fourth-order valence-electron chi connectivity index (χ4n) is 2.72. The van der Waals surface area contributed by atoms with Crippen molar-refractivity contribution in [3.05, 3.63) is 17.0 Å². The van der Waals surface area contributed by atoms with E-state index in [9.17, 15) is 4.79 Å². The van der Waals surface area contributed by atoms with Crippen LogP contribution in [0.5, 0.6) is 0 Å². The van der Waals surface area contributed by atoms with Gasteiger partial charge in [-0.3, -0.25) is 4.79 Å². The maximum Gasteiger partial charge on any atom is 0.259 e. The summed E-state index contributed by atoms with van der Waals surface area (Å²) in [6.45, 7) is 6.37. The van der Waals surface area contributed by atoms with Crippen molar-refractivity contribution in [3.63, 3.8) is 0 Å². The topological polar surface area (TPSA) is 58.4 Å². The molecule has 1 amide bonds. The van der Waals surface area contributed by atoms with E-state index in [1.54, 1.807) is 6.92 Å². The molecule has 0 aliphatic carbocycles. The van der Waals surface area contributed by atoms with Crippen LogP contribution in [-0.4, -0.2) is 42.6 Å². The summed E-state index contributed by atoms with van der Waals surface area (Å²) in [6, 6.07) is 0. The Morgan fingerprint density at radius 3 is 2.63 bits per heavy atom. The van der Waals surface area contributed by atoms with Gasteiger partial charge in [-0.05, 0) is 52.6 Å². The number of rotatable bonds is 4. The van der Waals surface area contributed by atoms with Crippen LogP contribution in [0.2, 0.25) is 0 Å². The largest absolute Gasteiger partial charge is 0.361 e. The molecule has 1 aliphatic rings. The van der Waals surface area contributed by atoms with Crippen LogP contribution in [0, 0.1) is 19.8 Å². The molecule has 2 rings (SSSR count). The van der Waals surface area contributed by atoms with E-state index in [0.29, 0.717) is 17.0 Å². The second-order valence-corrected chi connectivity index (χ2v) is 5.33. The van der Waals surface area contributed by atoms with E-state index in [4.69, 9.17) is 4.52 Å². The quantitative estimate of drug-likeness (QED) is 0.901. The third-order valence-electron chi connectivity index (χ3n) is 3.95. The molecule has 0 bridgehead atoms. The molecule has 106 valence electrons. The summed E-state index contributed by atoms with van der Waals surface area (Å²) in [6.07, 6.45) is 3.39. The maximum atomic E-state index is 12.4. The number of piperidine rings is 1. The van der Waals surface area contributed by atoms with Gasteiger partial charge >= 0.3 is 0 Å². The Labute approximate surface area is 114 Å². The number of amides is 1. The molecule has 0 saturated carbocycles. The van der Waals surface area contributed by atoms with Crippen molar-refractivity contribution < 1.29 is 9.32 Å². The zero-order valence-electron chi connectivity index (χ0n) is 12.0. The van der Waals surface area contributed by atoms with Crippen molar-refractivity contribution in [1.82, 2.24) is 15.4 Å². The second kappa shape index (κ2) is 6.19. The molecule has 1 saturated heterocycles. The first kappa shape index (κ1) is 14.1. The van der Waals surface area contributed by atoms with Crippen molar-refractivity contribution >= 4 is 5.91 Å². The molecule has 0 aromatic carbocycles. The van der Waals surface area contributed by atoms with Gasteiger partial charge in [0.05, 0.1) is 5.69 Å². The summed E-state index contributed by atoms with van der Waals surface area (Å²) in [5, 5.41) is 7.04. The van der Waals surface area contributed by atoms with Crippen LogP contribution < -0.4 is 5.32 Å². The van der Waals surface area contributed by atoms with Gasteiger partial charge in [0.1, 0.15) is 11.3 Å². The first-order valence-corrected chi connectivity index (χ1v) is 7.00. The molecule has 2 heterocycles. The molecular formula is C14H23N3O2. The predicted octanol–water partition coefficient (Wildman–Crippen LogP) is 1.75. The van der Waals surface area contributed by atoms with Gasteiger partial charge in [-0.25, -0.2) is 0 Å². The number of nitrogens with one attached hydrogen (secondary N) is 1. The lowest BCUT2D eigenvalue weighted by molar-refractivity contribution is 0.0684. The Bertz CT molecular complexity index is 414. The van der Waals surface area contributed by atoms with Crippen LogP contribution >= 0.6 is 0 Å². The number of carbonyl (C=O) groups is 1. The Kier molecular flexibility index (Phi) is 4.58. The van der Waals surface area contributed by atoms with Gasteiger partial charge in [0.2, 0.25) is 0 Å². The lowest BCUT2D eigenvalue weighted by atomic mass is 9.93. The van der Waals surface area contributed by atoms with Gasteiger partial charge < -0.3 is 14.7 Å². The van der Waals surface area contributed by atoms with E-state index < -0.39 is 0 Å². The number of aryl methyl sites for hydroxylation is 2. The summed E-state index contributed by atoms with van der Waals surface area (Å²) in [4.78, 5) is 14.4. The first-order chi connectivity index (χ1) is 9.13. The third-order valence-corrected chi connectivity index (χ3v) is 3.95. The maximum absolute atomic E-state index is 12.4. The number of nitrogens with zero attached hydrogens (tertiary/aromatic N) is 2. The lowest BCUT2D eigenvalue weighted by Crippen LogP contribution is -2.39. The molecule has 0 spiro atoms. The summed E-state index contributed by atoms with van der Waals surface area (Å²) in [5.41, 5.74) is 1.34. The standard InChI is InChI=1S/C14H23N3O2/c1-10-13(11(2)19-16-10)14(18)17-8-5-12(6-9-17)4-7-15-3/h12,15H,4-9H2,1-3H3. The highest BCUT2D eigenvalue weighted by atomic mass is 16.5. The Hall–Kier alpha value is -1.36. The van der Waals surface area contributed by atoms with Crippen LogP contribution in [0.15, 0.2) is 4.52 Å². The molecule has 5 nitrogen and oxygen atoms in total. The second-order valence-electron chi connectivity index (χ2n) is 5.33. The number of hydrogen-bond donors (Lipinski definition) is 1. The molecule has 0 atom stereocenters. The third kappa shape index (κ3) is 3.15. The van der Waals surface area contributed by atoms with E-state index in [2.05, 4.69) is 10.5 Å². The van der Waals surface area contributed by atoms with Crippen molar-refractivity contribution in [1.29, 1.82) is 0 Å². The summed E-state index contributed by atoms with van der Waals surface area (Å²) in [7, 11) is 1.98. The molecular weight excluding hydrogens is 242 g/mol. The molecule has 0 unspecified atom stereocenters. The van der Waals surface area contributed by atoms with Crippen molar-refractivity contribution in [3.8, 4) is 0 Å². The van der Waals surface area contributed by atoms with Crippen LogP contribution in [-0.2, 0) is 0 Å². The zero-order chi connectivity index (χ0) is 13.8. The SMILES string of the molecule is CNCCC1CCN(C(=O)c2c(C)noc2C)CC1. The summed E-state index contributed by atoms with van der Waals surface area (Å²) in [5.74, 6) is 1.43. The van der Waals surface area contributed by atoms with Crippen molar-refractivity contribution in [2.75, 3.05) is 26.7 Å². The van der Waals surface area contributed by atoms with Gasteiger partial charge in [-0.2, -0.15) is 0 Å². The van der Waals surface area contributed by atoms with Gasteiger partial charge in [0.25, 0.3) is 5.91 Å². The number of aromatic nitrogens is 1. The minimum atomic E-state index is 0.0725. The van der Waals surface area contributed by atoms with E-state index in [1.807, 2.05) is 18.9 Å². The van der Waals surface area contributed by atoms with E-state index in [-0.39, 0.29) is 5.91 Å². The normalized spacial score (nSPS) is 16.9. The van der Waals surface area contributed by atoms with Crippen LogP contribution in [0.3, 0.4) is 0 Å². The first-order valence-electron chi connectivity index (χ1n) is 7.00. The monoisotopic (exact) mass is 265 g/mol. The van der Waals surface area contributed by atoms with Crippen LogP contribution in [0.25, 0.3) is 0 Å². The minimum Gasteiger partial charge on any atom is -0.361 e. The lowest BCUT2D eigenvalue weighted by Gasteiger charge is -2.32. The van der Waals surface area contributed by atoms with E-state index in [1.165, 1.54) is 6.42 Å². The average molecular weight is 265 g/mol. The van der Waals surface area contributed by atoms with Crippen molar-refractivity contribution in [2.24, 2.45) is 5.92 Å². The molecule has 5 heteroatoms. The summed E-state index contributed by atoms with van der Waals surface area (Å²) < 4.78 is 5.08. The fraction of sp³-hybridized carbons (Fsp3) is 0.714. The Balaban J connectivity index is 1.93. The highest BCUT2D eigenvalue weighted by molar-refractivity contribution is 5.96. The highest BCUT2D eigenvalue weighted by Crippen LogP contribution is 2.23. The zero-order valence-corrected chi connectivity index (χ0v) is 12.0. The van der Waals surface area contributed by atoms with E-state index in [0.717, 1.165) is 38.4 Å². The molecule has 1 aromatic rings. The highest BCUT2D eigenvalue weighted by Gasteiger charge is 2.27. The van der Waals surface area contributed by atoms with E-state index >= 15 is 0 Å². The molecule has 1 aromatic heterocycles. The van der Waals surface area contributed by atoms with Crippen molar-refractivity contribution in [2.45, 2.75) is 33.1 Å². The number of likely N-dealkylation sites (tertiary alicyclic amines) is 1. The minimum absolute atomic E-state index is 0.0725. The fourth-order valence-corrected chi connectivity index (χ4v) is 2.72. The molecule has 1 N–H and O–H groups in total. The summed E-state index contributed by atoms with van der Waals surface area (Å²) >= 11 is 0. The number of carbonyl (C=O) groups excluding carboxylic acids is 1. The smallest absolute Gasteiger partial charge is 0.259 e. The molecule has 1 fully saturated rings. The predicted molar refractivity (Wildman–Crippen MR) is 73.1 cm³/mol. The Morgan fingerprint density at radius 1 is 1.42 bits per heavy atom.